The van der Waals surface area contributed by atoms with Crippen molar-refractivity contribution in [2.24, 2.45) is 0 Å². The van der Waals surface area contributed by atoms with Crippen molar-refractivity contribution in [1.82, 2.24) is 0 Å². The Balaban J connectivity index is 0.000000222. The first kappa shape index (κ1) is 7.92. The van der Waals surface area contributed by atoms with Gasteiger partial charge in [0.2, 0.25) is 0 Å². The number of hydrogen-bond donors (Lipinski definition) is 0. The van der Waals surface area contributed by atoms with E-state index in [0.717, 1.165) is 13.2 Å². The Morgan fingerprint density at radius 3 is 1.62 bits per heavy atom. The fraction of sp³-hybridized carbons (Fsp3) is 1.00. The molecule has 1 aliphatic rings. The van der Waals surface area contributed by atoms with E-state index in [9.17, 15) is 0 Å². The topological polar surface area (TPSA) is 18.5 Å². The smallest absolute Gasteiger partial charge is 0.155 e. The van der Waals surface area contributed by atoms with Crippen LogP contribution in [0.15, 0.2) is 0 Å². The summed E-state index contributed by atoms with van der Waals surface area (Å²) < 4.78 is 9.86. The van der Waals surface area contributed by atoms with Gasteiger partial charge < -0.3 is 9.47 Å². The summed E-state index contributed by atoms with van der Waals surface area (Å²) in [7, 11) is 0. The van der Waals surface area contributed by atoms with Gasteiger partial charge in [0.25, 0.3) is 0 Å². The average molecular weight is 118 g/mol. The predicted molar refractivity (Wildman–Crippen MR) is 32.7 cm³/mol. The van der Waals surface area contributed by atoms with Gasteiger partial charge in [0, 0.05) is 0 Å². The van der Waals surface area contributed by atoms with Crippen LogP contribution in [0.2, 0.25) is 0 Å². The quantitative estimate of drug-likeness (QED) is 0.478. The third-order valence-electron chi connectivity index (χ3n) is 0.788. The van der Waals surface area contributed by atoms with Gasteiger partial charge in [-0.1, -0.05) is 13.8 Å². The SMILES string of the molecule is CC.CC1OCCO1. The zero-order valence-corrected chi connectivity index (χ0v) is 5.81. The predicted octanol–water partition coefficient (Wildman–Crippen LogP) is 1.41. The lowest BCUT2D eigenvalue weighted by Crippen LogP contribution is -1.97. The molecular formula is C6H14O2. The number of ether oxygens (including phenoxy) is 2. The van der Waals surface area contributed by atoms with Gasteiger partial charge in [0.1, 0.15) is 0 Å². The summed E-state index contributed by atoms with van der Waals surface area (Å²) in [6, 6.07) is 0. The van der Waals surface area contributed by atoms with E-state index in [1.807, 2.05) is 20.8 Å². The van der Waals surface area contributed by atoms with E-state index in [-0.39, 0.29) is 6.29 Å². The van der Waals surface area contributed by atoms with E-state index in [1.165, 1.54) is 0 Å². The molecule has 1 fully saturated rings. The van der Waals surface area contributed by atoms with Crippen LogP contribution in [0.4, 0.5) is 0 Å². The van der Waals surface area contributed by atoms with Gasteiger partial charge in [-0.3, -0.25) is 0 Å². The fourth-order valence-electron chi connectivity index (χ4n) is 0.476. The average Bonchev–Trinajstić information content (AvgIpc) is 2.24. The Labute approximate surface area is 50.8 Å². The summed E-state index contributed by atoms with van der Waals surface area (Å²) in [4.78, 5) is 0. The van der Waals surface area contributed by atoms with Crippen LogP contribution in [0.5, 0.6) is 0 Å². The molecule has 8 heavy (non-hydrogen) atoms. The lowest BCUT2D eigenvalue weighted by atomic mass is 10.8. The van der Waals surface area contributed by atoms with E-state index in [4.69, 9.17) is 9.47 Å². The van der Waals surface area contributed by atoms with E-state index >= 15 is 0 Å². The van der Waals surface area contributed by atoms with Crippen LogP contribution in [-0.2, 0) is 9.47 Å². The van der Waals surface area contributed by atoms with Crippen molar-refractivity contribution in [3.8, 4) is 0 Å². The largest absolute Gasteiger partial charge is 0.351 e. The van der Waals surface area contributed by atoms with Crippen molar-refractivity contribution in [2.45, 2.75) is 27.1 Å². The zero-order valence-electron chi connectivity index (χ0n) is 5.81. The third-order valence-corrected chi connectivity index (χ3v) is 0.788. The molecule has 1 rings (SSSR count). The van der Waals surface area contributed by atoms with Crippen LogP contribution >= 0.6 is 0 Å². The van der Waals surface area contributed by atoms with Gasteiger partial charge in [0.15, 0.2) is 6.29 Å². The summed E-state index contributed by atoms with van der Waals surface area (Å²) in [5.41, 5.74) is 0. The van der Waals surface area contributed by atoms with Crippen molar-refractivity contribution in [3.05, 3.63) is 0 Å². The molecule has 0 aliphatic carbocycles. The van der Waals surface area contributed by atoms with Crippen molar-refractivity contribution >= 4 is 0 Å². The molecule has 1 saturated heterocycles. The number of rotatable bonds is 0. The van der Waals surface area contributed by atoms with E-state index < -0.39 is 0 Å². The maximum absolute atomic E-state index is 4.93. The van der Waals surface area contributed by atoms with Crippen LogP contribution in [0.3, 0.4) is 0 Å². The Bertz CT molecular complexity index is 39.8. The Morgan fingerprint density at radius 1 is 1.12 bits per heavy atom. The highest BCUT2D eigenvalue weighted by Crippen LogP contribution is 1.99. The maximum Gasteiger partial charge on any atom is 0.155 e. The molecule has 0 amide bonds. The summed E-state index contributed by atoms with van der Waals surface area (Å²) in [6.45, 7) is 7.43. The molecule has 1 heterocycles. The van der Waals surface area contributed by atoms with Crippen LogP contribution < -0.4 is 0 Å². The first-order valence-electron chi connectivity index (χ1n) is 3.13. The summed E-state index contributed by atoms with van der Waals surface area (Å²) in [5, 5.41) is 0. The van der Waals surface area contributed by atoms with Gasteiger partial charge in [-0.05, 0) is 6.92 Å². The minimum Gasteiger partial charge on any atom is -0.351 e. The summed E-state index contributed by atoms with van der Waals surface area (Å²) in [6.07, 6.45) is 0.0463. The van der Waals surface area contributed by atoms with E-state index in [1.54, 1.807) is 0 Å². The highest BCUT2D eigenvalue weighted by Gasteiger charge is 2.07. The molecule has 0 bridgehead atoms. The van der Waals surface area contributed by atoms with Gasteiger partial charge in [-0.2, -0.15) is 0 Å². The van der Waals surface area contributed by atoms with Crippen molar-refractivity contribution in [1.29, 1.82) is 0 Å². The van der Waals surface area contributed by atoms with Crippen LogP contribution in [0, 0.1) is 0 Å². The van der Waals surface area contributed by atoms with Crippen molar-refractivity contribution in [2.75, 3.05) is 13.2 Å². The van der Waals surface area contributed by atoms with E-state index in [0.29, 0.717) is 0 Å². The normalized spacial score (nSPS) is 19.9. The van der Waals surface area contributed by atoms with Gasteiger partial charge in [-0.25, -0.2) is 0 Å². The van der Waals surface area contributed by atoms with Crippen LogP contribution in [-0.4, -0.2) is 19.5 Å². The molecule has 2 heteroatoms. The molecule has 1 aliphatic heterocycles. The van der Waals surface area contributed by atoms with Gasteiger partial charge in [0.05, 0.1) is 13.2 Å². The molecule has 0 aromatic heterocycles. The highest BCUT2D eigenvalue weighted by atomic mass is 16.7. The standard InChI is InChI=1S/C4H8O2.C2H6/c1-4-5-2-3-6-4;1-2/h4H,2-3H2,1H3;1-2H3. The first-order chi connectivity index (χ1) is 3.89. The summed E-state index contributed by atoms with van der Waals surface area (Å²) in [5.74, 6) is 0. The second kappa shape index (κ2) is 5.06. The molecule has 0 radical (unpaired) electrons. The second-order valence-corrected chi connectivity index (χ2v) is 1.31. The zero-order chi connectivity index (χ0) is 6.41. The molecule has 0 unspecified atom stereocenters. The van der Waals surface area contributed by atoms with Gasteiger partial charge in [-0.15, -0.1) is 0 Å². The Kier molecular flexibility index (Phi) is 5.01. The fourth-order valence-corrected chi connectivity index (χ4v) is 0.476. The van der Waals surface area contributed by atoms with Crippen molar-refractivity contribution < 1.29 is 9.47 Å². The molecule has 0 N–H and O–H groups in total. The maximum atomic E-state index is 4.93. The summed E-state index contributed by atoms with van der Waals surface area (Å²) >= 11 is 0. The monoisotopic (exact) mass is 118 g/mol. The molecule has 50 valence electrons. The molecule has 0 spiro atoms. The molecule has 0 atom stereocenters. The first-order valence-corrected chi connectivity index (χ1v) is 3.13. The van der Waals surface area contributed by atoms with E-state index in [2.05, 4.69) is 0 Å². The van der Waals surface area contributed by atoms with Gasteiger partial charge >= 0.3 is 0 Å². The molecule has 2 nitrogen and oxygen atoms in total. The molecular weight excluding hydrogens is 104 g/mol. The lowest BCUT2D eigenvalue weighted by Gasteiger charge is -1.94. The molecule has 0 aromatic carbocycles. The third kappa shape index (κ3) is 2.99. The Hall–Kier alpha value is -0.0800. The molecule has 0 aromatic rings. The Morgan fingerprint density at radius 2 is 1.50 bits per heavy atom. The van der Waals surface area contributed by atoms with Crippen molar-refractivity contribution in [3.63, 3.8) is 0 Å². The van der Waals surface area contributed by atoms with Crippen LogP contribution in [0.1, 0.15) is 20.8 Å². The minimum absolute atomic E-state index is 0.0463. The van der Waals surface area contributed by atoms with Crippen LogP contribution in [0.25, 0.3) is 0 Å². The lowest BCUT2D eigenvalue weighted by molar-refractivity contribution is -0.0254. The second-order valence-electron chi connectivity index (χ2n) is 1.31. The number of hydrogen-bond acceptors (Lipinski definition) is 2. The highest BCUT2D eigenvalue weighted by molar-refractivity contribution is 4.40. The minimum atomic E-state index is 0.0463. The molecule has 0 saturated carbocycles.